The van der Waals surface area contributed by atoms with Crippen LogP contribution in [-0.4, -0.2) is 24.5 Å². The first-order valence-corrected chi connectivity index (χ1v) is 4.23. The maximum Gasteiger partial charge on any atom is 0.231 e. The summed E-state index contributed by atoms with van der Waals surface area (Å²) >= 11 is 0. The van der Waals surface area contributed by atoms with Crippen molar-refractivity contribution >= 4 is 11.7 Å². The maximum absolute atomic E-state index is 12.8. The van der Waals surface area contributed by atoms with Crippen molar-refractivity contribution in [1.29, 1.82) is 0 Å². The van der Waals surface area contributed by atoms with Crippen LogP contribution in [0.5, 0.6) is 5.75 Å². The summed E-state index contributed by atoms with van der Waals surface area (Å²) in [4.78, 5) is 16.6. The van der Waals surface area contributed by atoms with Gasteiger partial charge in [-0.2, -0.15) is 0 Å². The van der Waals surface area contributed by atoms with Gasteiger partial charge in [0.15, 0.2) is 11.6 Å². The van der Waals surface area contributed by atoms with Crippen LogP contribution in [-0.2, 0) is 4.79 Å². The van der Waals surface area contributed by atoms with Gasteiger partial charge in [-0.1, -0.05) is 0 Å². The fourth-order valence-corrected chi connectivity index (χ4v) is 1.31. The molecule has 0 bridgehead atoms. The number of amides is 1. The first kappa shape index (κ1) is 8.93. The van der Waals surface area contributed by atoms with E-state index in [-0.39, 0.29) is 18.9 Å². The minimum absolute atomic E-state index is 0.0807. The molecule has 1 aromatic rings. The Morgan fingerprint density at radius 1 is 1.64 bits per heavy atom. The summed E-state index contributed by atoms with van der Waals surface area (Å²) in [5.41, 5.74) is 0. The summed E-state index contributed by atoms with van der Waals surface area (Å²) < 4.78 is 18.0. The lowest BCUT2D eigenvalue weighted by Gasteiger charge is -2.14. The highest BCUT2D eigenvalue weighted by molar-refractivity contribution is 5.93. The maximum atomic E-state index is 12.8. The zero-order chi connectivity index (χ0) is 10.1. The number of rotatable bonds is 0. The molecule has 0 aliphatic carbocycles. The molecule has 0 saturated carbocycles. The van der Waals surface area contributed by atoms with Crippen molar-refractivity contribution in [2.45, 2.75) is 6.42 Å². The second-order valence-electron chi connectivity index (χ2n) is 3.03. The Balaban J connectivity index is 2.48. The number of carbonyl (C=O) groups is 1. The summed E-state index contributed by atoms with van der Waals surface area (Å²) in [5, 5.41) is 0. The van der Waals surface area contributed by atoms with Gasteiger partial charge in [-0.05, 0) is 0 Å². The molecule has 1 amide bonds. The SMILES string of the molecule is CN1C(=O)CCOc2cc(F)cnc21. The van der Waals surface area contributed by atoms with Crippen LogP contribution in [0.2, 0.25) is 0 Å². The third-order valence-electron chi connectivity index (χ3n) is 2.06. The Hall–Kier alpha value is -1.65. The third kappa shape index (κ3) is 1.41. The number of carbonyl (C=O) groups excluding carboxylic acids is 1. The summed E-state index contributed by atoms with van der Waals surface area (Å²) in [6.45, 7) is 0.265. The molecule has 0 unspecified atom stereocenters. The molecular formula is C9H9FN2O2. The van der Waals surface area contributed by atoms with E-state index in [1.165, 1.54) is 11.0 Å². The van der Waals surface area contributed by atoms with E-state index in [1.54, 1.807) is 7.05 Å². The normalized spacial score (nSPS) is 15.9. The molecule has 0 atom stereocenters. The predicted octanol–water partition coefficient (Wildman–Crippen LogP) is 0.966. The number of nitrogens with zero attached hydrogens (tertiary/aromatic N) is 2. The number of fused-ring (bicyclic) bond motifs is 1. The van der Waals surface area contributed by atoms with Gasteiger partial charge in [-0.15, -0.1) is 0 Å². The second kappa shape index (κ2) is 3.25. The highest BCUT2D eigenvalue weighted by Gasteiger charge is 2.21. The lowest BCUT2D eigenvalue weighted by atomic mass is 10.3. The molecule has 74 valence electrons. The molecule has 0 fully saturated rings. The number of anilines is 1. The molecule has 1 aromatic heterocycles. The Morgan fingerprint density at radius 3 is 3.21 bits per heavy atom. The van der Waals surface area contributed by atoms with Crippen LogP contribution in [0.3, 0.4) is 0 Å². The quantitative estimate of drug-likeness (QED) is 0.620. The predicted molar refractivity (Wildman–Crippen MR) is 47.7 cm³/mol. The van der Waals surface area contributed by atoms with Crippen molar-refractivity contribution in [2.75, 3.05) is 18.6 Å². The van der Waals surface area contributed by atoms with Gasteiger partial charge < -0.3 is 4.74 Å². The molecule has 2 heterocycles. The fourth-order valence-electron chi connectivity index (χ4n) is 1.31. The fraction of sp³-hybridized carbons (Fsp3) is 0.333. The summed E-state index contributed by atoms with van der Waals surface area (Å²) in [7, 11) is 1.60. The Kier molecular flexibility index (Phi) is 2.07. The molecule has 2 rings (SSSR count). The molecule has 14 heavy (non-hydrogen) atoms. The van der Waals surface area contributed by atoms with E-state index in [2.05, 4.69) is 4.98 Å². The van der Waals surface area contributed by atoms with Gasteiger partial charge in [0.1, 0.15) is 5.82 Å². The van der Waals surface area contributed by atoms with Crippen molar-refractivity contribution in [1.82, 2.24) is 4.98 Å². The van der Waals surface area contributed by atoms with Crippen molar-refractivity contribution in [3.8, 4) is 5.75 Å². The first-order valence-electron chi connectivity index (χ1n) is 4.23. The molecule has 0 aromatic carbocycles. The van der Waals surface area contributed by atoms with E-state index >= 15 is 0 Å². The summed E-state index contributed by atoms with van der Waals surface area (Å²) in [6, 6.07) is 1.23. The lowest BCUT2D eigenvalue weighted by molar-refractivity contribution is -0.118. The first-order chi connectivity index (χ1) is 6.68. The molecule has 0 saturated heterocycles. The minimum Gasteiger partial charge on any atom is -0.489 e. The van der Waals surface area contributed by atoms with Crippen molar-refractivity contribution in [3.05, 3.63) is 18.1 Å². The summed E-state index contributed by atoms with van der Waals surface area (Å²) in [5.74, 6) is 0.140. The topological polar surface area (TPSA) is 42.4 Å². The van der Waals surface area contributed by atoms with Crippen LogP contribution < -0.4 is 9.64 Å². The van der Waals surface area contributed by atoms with E-state index in [4.69, 9.17) is 4.74 Å². The van der Waals surface area contributed by atoms with Crippen LogP contribution in [0.25, 0.3) is 0 Å². The van der Waals surface area contributed by atoms with Crippen LogP contribution >= 0.6 is 0 Å². The molecule has 4 nitrogen and oxygen atoms in total. The van der Waals surface area contributed by atoms with E-state index in [1.807, 2.05) is 0 Å². The number of hydrogen-bond acceptors (Lipinski definition) is 3. The smallest absolute Gasteiger partial charge is 0.231 e. The third-order valence-corrected chi connectivity index (χ3v) is 2.06. The monoisotopic (exact) mass is 196 g/mol. The highest BCUT2D eigenvalue weighted by atomic mass is 19.1. The van der Waals surface area contributed by atoms with E-state index in [9.17, 15) is 9.18 Å². The molecule has 5 heteroatoms. The van der Waals surface area contributed by atoms with E-state index < -0.39 is 5.82 Å². The number of pyridine rings is 1. The van der Waals surface area contributed by atoms with Gasteiger partial charge in [0.25, 0.3) is 0 Å². The second-order valence-corrected chi connectivity index (χ2v) is 3.03. The van der Waals surface area contributed by atoms with E-state index in [0.29, 0.717) is 11.6 Å². The number of halogens is 1. The standard InChI is InChI=1S/C9H9FN2O2/c1-12-8(13)2-3-14-7-4-6(10)5-11-9(7)12/h4-5H,2-3H2,1H3. The Labute approximate surface area is 80.3 Å². The van der Waals surface area contributed by atoms with Crippen molar-refractivity contribution in [3.63, 3.8) is 0 Å². The van der Waals surface area contributed by atoms with Crippen molar-refractivity contribution < 1.29 is 13.9 Å². The van der Waals surface area contributed by atoms with Gasteiger partial charge in [0.2, 0.25) is 5.91 Å². The lowest BCUT2D eigenvalue weighted by Crippen LogP contribution is -2.25. The van der Waals surface area contributed by atoms with Gasteiger partial charge in [0.05, 0.1) is 19.2 Å². The molecule has 1 aliphatic heterocycles. The molecule has 0 spiro atoms. The Bertz CT molecular complexity index is 381. The number of hydrogen-bond donors (Lipinski definition) is 0. The van der Waals surface area contributed by atoms with Crippen LogP contribution in [0.4, 0.5) is 10.2 Å². The van der Waals surface area contributed by atoms with Crippen LogP contribution in [0.15, 0.2) is 12.3 Å². The van der Waals surface area contributed by atoms with Crippen LogP contribution in [0.1, 0.15) is 6.42 Å². The number of ether oxygens (including phenoxy) is 1. The van der Waals surface area contributed by atoms with Gasteiger partial charge in [-0.3, -0.25) is 9.69 Å². The Morgan fingerprint density at radius 2 is 2.43 bits per heavy atom. The van der Waals surface area contributed by atoms with Crippen LogP contribution in [0, 0.1) is 5.82 Å². The van der Waals surface area contributed by atoms with Crippen molar-refractivity contribution in [2.24, 2.45) is 0 Å². The molecule has 0 N–H and O–H groups in total. The molecule has 0 radical (unpaired) electrons. The number of aromatic nitrogens is 1. The zero-order valence-electron chi connectivity index (χ0n) is 7.66. The average molecular weight is 196 g/mol. The average Bonchev–Trinajstić information content (AvgIpc) is 2.28. The van der Waals surface area contributed by atoms with Gasteiger partial charge in [-0.25, -0.2) is 9.37 Å². The van der Waals surface area contributed by atoms with E-state index in [0.717, 1.165) is 6.20 Å². The molecular weight excluding hydrogens is 187 g/mol. The zero-order valence-corrected chi connectivity index (χ0v) is 7.66. The van der Waals surface area contributed by atoms with Gasteiger partial charge in [0, 0.05) is 13.1 Å². The van der Waals surface area contributed by atoms with Gasteiger partial charge >= 0.3 is 0 Å². The summed E-state index contributed by atoms with van der Waals surface area (Å²) in [6.07, 6.45) is 1.35. The minimum atomic E-state index is -0.466. The largest absolute Gasteiger partial charge is 0.489 e. The highest BCUT2D eigenvalue weighted by Crippen LogP contribution is 2.28. The molecule has 1 aliphatic rings.